The fraction of sp³-hybridized carbons (Fsp3) is 1.00. The van der Waals surface area contributed by atoms with Gasteiger partial charge in [0.1, 0.15) is 0 Å². The molecule has 5 heteroatoms. The van der Waals surface area contributed by atoms with Gasteiger partial charge in [0.05, 0.1) is 0 Å². The van der Waals surface area contributed by atoms with E-state index in [0.29, 0.717) is 0 Å². The van der Waals surface area contributed by atoms with E-state index in [0.717, 1.165) is 38.4 Å². The van der Waals surface area contributed by atoms with Gasteiger partial charge in [-0.1, -0.05) is 26.2 Å². The van der Waals surface area contributed by atoms with Crippen LogP contribution in [0, 0.1) is 0 Å². The first-order chi connectivity index (χ1) is 8.10. The van der Waals surface area contributed by atoms with Crippen LogP contribution in [0.25, 0.3) is 0 Å². The first-order valence-electron chi connectivity index (χ1n) is 6.60. The molecule has 0 saturated carbocycles. The summed E-state index contributed by atoms with van der Waals surface area (Å²) in [5.74, 6) is 0. The summed E-state index contributed by atoms with van der Waals surface area (Å²) in [4.78, 5) is 0. The maximum absolute atomic E-state index is 5.28. The smallest absolute Gasteiger partial charge is 0.334 e. The van der Waals surface area contributed by atoms with E-state index < -0.39 is 8.56 Å². The summed E-state index contributed by atoms with van der Waals surface area (Å²) in [5.41, 5.74) is 10.6. The molecule has 0 aliphatic rings. The summed E-state index contributed by atoms with van der Waals surface area (Å²) in [6, 6.07) is 1.08. The van der Waals surface area contributed by atoms with Gasteiger partial charge in [-0.2, -0.15) is 0 Å². The zero-order valence-corrected chi connectivity index (χ0v) is 13.1. The van der Waals surface area contributed by atoms with Crippen molar-refractivity contribution in [3.8, 4) is 0 Å². The SMILES string of the molecule is CCC[Si](C)(OC)OC.NCCCCCCN. The summed E-state index contributed by atoms with van der Waals surface area (Å²) in [6.07, 6.45) is 5.94. The zero-order chi connectivity index (χ0) is 13.6. The average Bonchev–Trinajstić information content (AvgIpc) is 2.36. The van der Waals surface area contributed by atoms with Crippen LogP contribution in [0.15, 0.2) is 0 Å². The van der Waals surface area contributed by atoms with Gasteiger partial charge in [-0.05, 0) is 38.5 Å². The van der Waals surface area contributed by atoms with E-state index in [4.69, 9.17) is 20.3 Å². The van der Waals surface area contributed by atoms with Crippen molar-refractivity contribution >= 4 is 8.56 Å². The Morgan fingerprint density at radius 3 is 1.47 bits per heavy atom. The van der Waals surface area contributed by atoms with E-state index in [1.54, 1.807) is 14.2 Å². The van der Waals surface area contributed by atoms with E-state index in [1.165, 1.54) is 12.8 Å². The second kappa shape index (κ2) is 14.1. The molecule has 106 valence electrons. The van der Waals surface area contributed by atoms with Crippen LogP contribution in [0.4, 0.5) is 0 Å². The maximum Gasteiger partial charge on any atom is 0.334 e. The van der Waals surface area contributed by atoms with Crippen molar-refractivity contribution in [1.82, 2.24) is 0 Å². The summed E-state index contributed by atoms with van der Waals surface area (Å²) in [6.45, 7) is 5.87. The van der Waals surface area contributed by atoms with Crippen LogP contribution in [-0.4, -0.2) is 35.9 Å². The van der Waals surface area contributed by atoms with Gasteiger partial charge in [-0.15, -0.1) is 0 Å². The number of rotatable bonds is 9. The van der Waals surface area contributed by atoms with Crippen molar-refractivity contribution < 1.29 is 8.85 Å². The van der Waals surface area contributed by atoms with Crippen molar-refractivity contribution in [2.45, 2.75) is 51.6 Å². The monoisotopic (exact) mass is 264 g/mol. The van der Waals surface area contributed by atoms with Crippen molar-refractivity contribution in [3.05, 3.63) is 0 Å². The molecule has 0 heterocycles. The molecule has 0 aromatic rings. The molecule has 0 aromatic heterocycles. The Morgan fingerprint density at radius 2 is 1.29 bits per heavy atom. The minimum Gasteiger partial charge on any atom is -0.398 e. The molecule has 0 aliphatic carbocycles. The van der Waals surface area contributed by atoms with E-state index >= 15 is 0 Å². The van der Waals surface area contributed by atoms with Crippen molar-refractivity contribution in [2.24, 2.45) is 11.5 Å². The maximum atomic E-state index is 5.28. The van der Waals surface area contributed by atoms with Gasteiger partial charge in [0.25, 0.3) is 0 Å². The Labute approximate surface area is 108 Å². The molecule has 0 unspecified atom stereocenters. The van der Waals surface area contributed by atoms with E-state index in [2.05, 4.69) is 13.5 Å². The highest BCUT2D eigenvalue weighted by Gasteiger charge is 2.26. The average molecular weight is 264 g/mol. The largest absolute Gasteiger partial charge is 0.398 e. The lowest BCUT2D eigenvalue weighted by Crippen LogP contribution is -2.35. The molecule has 0 spiro atoms. The summed E-state index contributed by atoms with van der Waals surface area (Å²) < 4.78 is 10.5. The molecule has 0 rings (SSSR count). The first-order valence-corrected chi connectivity index (χ1v) is 9.13. The van der Waals surface area contributed by atoms with Crippen LogP contribution in [0.5, 0.6) is 0 Å². The fourth-order valence-electron chi connectivity index (χ4n) is 1.38. The molecule has 17 heavy (non-hydrogen) atoms. The molecule has 0 aliphatic heterocycles. The molecule has 0 aromatic carbocycles. The Morgan fingerprint density at radius 1 is 0.882 bits per heavy atom. The highest BCUT2D eigenvalue weighted by Crippen LogP contribution is 2.12. The second-order valence-electron chi connectivity index (χ2n) is 4.28. The zero-order valence-electron chi connectivity index (χ0n) is 12.1. The van der Waals surface area contributed by atoms with Crippen molar-refractivity contribution in [1.29, 1.82) is 0 Å². The Bertz CT molecular complexity index is 138. The minimum atomic E-state index is -1.70. The highest BCUT2D eigenvalue weighted by molar-refractivity contribution is 6.65. The lowest BCUT2D eigenvalue weighted by Gasteiger charge is -2.21. The summed E-state index contributed by atoms with van der Waals surface area (Å²) >= 11 is 0. The summed E-state index contributed by atoms with van der Waals surface area (Å²) in [5, 5.41) is 0. The van der Waals surface area contributed by atoms with E-state index in [9.17, 15) is 0 Å². The topological polar surface area (TPSA) is 70.5 Å². The fourth-order valence-corrected chi connectivity index (χ4v) is 2.87. The Hall–Kier alpha value is 0.0569. The lowest BCUT2D eigenvalue weighted by atomic mass is 10.2. The molecule has 0 amide bonds. The first kappa shape index (κ1) is 19.4. The second-order valence-corrected chi connectivity index (χ2v) is 7.87. The number of hydrogen-bond acceptors (Lipinski definition) is 4. The third-order valence-corrected chi connectivity index (χ3v) is 5.86. The Kier molecular flexibility index (Phi) is 16.1. The van der Waals surface area contributed by atoms with Crippen molar-refractivity contribution in [3.63, 3.8) is 0 Å². The number of nitrogens with two attached hydrogens (primary N) is 2. The van der Waals surface area contributed by atoms with Crippen molar-refractivity contribution in [2.75, 3.05) is 27.3 Å². The van der Waals surface area contributed by atoms with Crippen LogP contribution >= 0.6 is 0 Å². The molecule has 0 bridgehead atoms. The van der Waals surface area contributed by atoms with Gasteiger partial charge in [-0.3, -0.25) is 0 Å². The van der Waals surface area contributed by atoms with Crippen LogP contribution in [0.2, 0.25) is 12.6 Å². The lowest BCUT2D eigenvalue weighted by molar-refractivity contribution is 0.249. The summed E-state index contributed by atoms with van der Waals surface area (Å²) in [7, 11) is 1.76. The third-order valence-electron chi connectivity index (χ3n) is 2.73. The quantitative estimate of drug-likeness (QED) is 0.495. The third kappa shape index (κ3) is 14.0. The molecular weight excluding hydrogens is 232 g/mol. The predicted molar refractivity (Wildman–Crippen MR) is 77.3 cm³/mol. The van der Waals surface area contributed by atoms with Gasteiger partial charge in [0, 0.05) is 14.2 Å². The molecule has 4 N–H and O–H groups in total. The Balaban J connectivity index is 0. The molecule has 0 saturated heterocycles. The van der Waals surface area contributed by atoms with Crippen LogP contribution in [0.1, 0.15) is 39.0 Å². The van der Waals surface area contributed by atoms with Gasteiger partial charge in [0.15, 0.2) is 0 Å². The van der Waals surface area contributed by atoms with Gasteiger partial charge in [-0.25, -0.2) is 0 Å². The number of unbranched alkanes of at least 4 members (excludes halogenated alkanes) is 3. The van der Waals surface area contributed by atoms with Gasteiger partial charge < -0.3 is 20.3 Å². The van der Waals surface area contributed by atoms with E-state index in [-0.39, 0.29) is 0 Å². The normalized spacial score (nSPS) is 10.9. The molecule has 0 fully saturated rings. The predicted octanol–water partition coefficient (Wildman–Crippen LogP) is 2.23. The van der Waals surface area contributed by atoms with Gasteiger partial charge in [0.2, 0.25) is 0 Å². The van der Waals surface area contributed by atoms with Gasteiger partial charge >= 0.3 is 8.56 Å². The van der Waals surface area contributed by atoms with Crippen LogP contribution in [0.3, 0.4) is 0 Å². The molecular formula is C12H32N2O2Si. The standard InChI is InChI=1S/C6H16N2.C6H16O2Si/c7-5-3-1-2-4-6-8;1-5-6-9(4,7-2)8-3/h1-8H2;5-6H2,1-4H3. The minimum absolute atomic E-state index is 0.824. The highest BCUT2D eigenvalue weighted by atomic mass is 28.4. The molecule has 0 atom stereocenters. The number of hydrogen-bond donors (Lipinski definition) is 2. The van der Waals surface area contributed by atoms with Crippen LogP contribution in [-0.2, 0) is 8.85 Å². The molecule has 0 radical (unpaired) electrons. The molecule has 4 nitrogen and oxygen atoms in total. The van der Waals surface area contributed by atoms with E-state index in [1.807, 2.05) is 0 Å². The van der Waals surface area contributed by atoms with Crippen LogP contribution < -0.4 is 11.5 Å².